The molecule has 8 heteroatoms. The molecule has 0 fully saturated rings. The van der Waals surface area contributed by atoms with Crippen LogP contribution in [0.15, 0.2) is 42.5 Å². The molecule has 0 saturated carbocycles. The van der Waals surface area contributed by atoms with Gasteiger partial charge >= 0.3 is 5.97 Å². The van der Waals surface area contributed by atoms with Gasteiger partial charge in [-0.25, -0.2) is 0 Å². The lowest BCUT2D eigenvalue weighted by Crippen LogP contribution is -2.47. The number of benzene rings is 2. The van der Waals surface area contributed by atoms with Crippen LogP contribution in [0.5, 0.6) is 5.75 Å². The molecule has 150 valence electrons. The van der Waals surface area contributed by atoms with E-state index in [0.717, 1.165) is 0 Å². The van der Waals surface area contributed by atoms with Gasteiger partial charge in [0.25, 0.3) is 0 Å². The van der Waals surface area contributed by atoms with E-state index in [2.05, 4.69) is 10.1 Å². The number of ether oxygens (including phenoxy) is 2. The minimum atomic E-state index is -1.29. The molecule has 0 amide bonds. The van der Waals surface area contributed by atoms with Crippen molar-refractivity contribution < 1.29 is 24.2 Å². The van der Waals surface area contributed by atoms with Gasteiger partial charge < -0.3 is 25.6 Å². The zero-order valence-electron chi connectivity index (χ0n) is 15.8. The number of rotatable bonds is 8. The number of aliphatic hydroxyl groups is 1. The molecule has 0 radical (unpaired) electrons. The molecule has 3 atom stereocenters. The highest BCUT2D eigenvalue weighted by Gasteiger charge is 2.28. The van der Waals surface area contributed by atoms with Crippen molar-refractivity contribution in [2.75, 3.05) is 19.5 Å². The van der Waals surface area contributed by atoms with E-state index in [9.17, 15) is 14.7 Å². The molecule has 7 nitrogen and oxygen atoms in total. The highest BCUT2D eigenvalue weighted by Crippen LogP contribution is 2.26. The molecule has 0 aliphatic carbocycles. The number of hydrogen-bond acceptors (Lipinski definition) is 7. The van der Waals surface area contributed by atoms with Crippen molar-refractivity contribution >= 4 is 29.0 Å². The highest BCUT2D eigenvalue weighted by atomic mass is 35.5. The molecule has 2 aromatic rings. The molecule has 0 aliphatic heterocycles. The zero-order valence-corrected chi connectivity index (χ0v) is 16.6. The SMILES string of the molecule is COC(=O)[C@H](C)[C@H](N)C(O)Nc1ccc(OC)cc1C(=O)c1ccc(Cl)cc1. The Bertz CT molecular complexity index is 841. The molecule has 0 aromatic heterocycles. The van der Waals surface area contributed by atoms with Crippen LogP contribution in [0.4, 0.5) is 5.69 Å². The summed E-state index contributed by atoms with van der Waals surface area (Å²) >= 11 is 5.88. The summed E-state index contributed by atoms with van der Waals surface area (Å²) in [6, 6.07) is 10.3. The quantitative estimate of drug-likeness (QED) is 0.350. The third-order valence-corrected chi connectivity index (χ3v) is 4.65. The van der Waals surface area contributed by atoms with Gasteiger partial charge in [0, 0.05) is 21.8 Å². The van der Waals surface area contributed by atoms with E-state index in [1.807, 2.05) is 0 Å². The molecule has 0 bridgehead atoms. The molecule has 1 unspecified atom stereocenters. The van der Waals surface area contributed by atoms with Gasteiger partial charge in [0.15, 0.2) is 5.78 Å². The monoisotopic (exact) mass is 406 g/mol. The number of methoxy groups -OCH3 is 2. The van der Waals surface area contributed by atoms with Gasteiger partial charge in [-0.1, -0.05) is 18.5 Å². The normalized spacial score (nSPS) is 13.9. The highest BCUT2D eigenvalue weighted by molar-refractivity contribution is 6.30. The maximum Gasteiger partial charge on any atom is 0.310 e. The first kappa shape index (κ1) is 21.7. The number of carbonyl (C=O) groups is 2. The Morgan fingerprint density at radius 3 is 2.36 bits per heavy atom. The first-order valence-corrected chi connectivity index (χ1v) is 8.92. The minimum Gasteiger partial charge on any atom is -0.497 e. The van der Waals surface area contributed by atoms with Gasteiger partial charge in [0.1, 0.15) is 12.0 Å². The van der Waals surface area contributed by atoms with Crippen LogP contribution in [0, 0.1) is 5.92 Å². The lowest BCUT2D eigenvalue weighted by atomic mass is 9.99. The second kappa shape index (κ2) is 9.54. The third kappa shape index (κ3) is 5.01. The van der Waals surface area contributed by atoms with Gasteiger partial charge in [-0.3, -0.25) is 9.59 Å². The summed E-state index contributed by atoms with van der Waals surface area (Å²) in [6.07, 6.45) is -1.29. The lowest BCUT2D eigenvalue weighted by molar-refractivity contribution is -0.146. The van der Waals surface area contributed by atoms with Crippen molar-refractivity contribution in [3.63, 3.8) is 0 Å². The number of nitrogens with two attached hydrogens (primary N) is 1. The smallest absolute Gasteiger partial charge is 0.310 e. The molecule has 2 rings (SSSR count). The summed E-state index contributed by atoms with van der Waals surface area (Å²) in [7, 11) is 2.74. The van der Waals surface area contributed by atoms with Crippen LogP contribution in [-0.2, 0) is 9.53 Å². The van der Waals surface area contributed by atoms with Crippen molar-refractivity contribution in [1.29, 1.82) is 0 Å². The number of ketones is 1. The Morgan fingerprint density at radius 1 is 1.14 bits per heavy atom. The van der Waals surface area contributed by atoms with Gasteiger partial charge in [-0.2, -0.15) is 0 Å². The molecule has 0 aliphatic rings. The molecular weight excluding hydrogens is 384 g/mol. The van der Waals surface area contributed by atoms with E-state index in [1.165, 1.54) is 14.2 Å². The Labute approximate surface area is 168 Å². The summed E-state index contributed by atoms with van der Waals surface area (Å²) in [5.41, 5.74) is 7.00. The van der Waals surface area contributed by atoms with E-state index in [0.29, 0.717) is 22.0 Å². The molecule has 0 spiro atoms. The van der Waals surface area contributed by atoms with Crippen molar-refractivity contribution in [2.24, 2.45) is 11.7 Å². The fourth-order valence-electron chi connectivity index (χ4n) is 2.59. The summed E-state index contributed by atoms with van der Waals surface area (Å²) < 4.78 is 9.86. The first-order chi connectivity index (χ1) is 13.3. The number of anilines is 1. The standard InChI is InChI=1S/C20H23ClN2O5/c1-11(20(26)28-3)17(22)19(25)23-16-9-8-14(27-2)10-15(16)18(24)12-4-6-13(21)7-5-12/h4-11,17,19,23,25H,22H2,1-3H3/t11-,17+,19?/m1/s1. The van der Waals surface area contributed by atoms with Crippen molar-refractivity contribution in [2.45, 2.75) is 19.2 Å². The molecule has 0 heterocycles. The van der Waals surface area contributed by atoms with E-state index < -0.39 is 24.2 Å². The van der Waals surface area contributed by atoms with Gasteiger partial charge in [-0.15, -0.1) is 0 Å². The molecule has 4 N–H and O–H groups in total. The molecular formula is C20H23ClN2O5. The van der Waals surface area contributed by atoms with E-state index in [1.54, 1.807) is 49.4 Å². The molecule has 28 heavy (non-hydrogen) atoms. The number of hydrogen-bond donors (Lipinski definition) is 3. The van der Waals surface area contributed by atoms with E-state index >= 15 is 0 Å². The lowest BCUT2D eigenvalue weighted by Gasteiger charge is -2.25. The van der Waals surface area contributed by atoms with Crippen LogP contribution in [0.3, 0.4) is 0 Å². The van der Waals surface area contributed by atoms with Crippen LogP contribution in [0.2, 0.25) is 5.02 Å². The Morgan fingerprint density at radius 2 is 1.79 bits per heavy atom. The van der Waals surface area contributed by atoms with Crippen LogP contribution in [-0.4, -0.2) is 43.3 Å². The largest absolute Gasteiger partial charge is 0.497 e. The summed E-state index contributed by atoms with van der Waals surface area (Å²) in [6.45, 7) is 1.55. The van der Waals surface area contributed by atoms with Crippen molar-refractivity contribution in [3.8, 4) is 5.75 Å². The minimum absolute atomic E-state index is 0.277. The number of carbonyl (C=O) groups excluding carboxylic acids is 2. The van der Waals surface area contributed by atoms with Crippen molar-refractivity contribution in [1.82, 2.24) is 0 Å². The maximum atomic E-state index is 13.0. The fraction of sp³-hybridized carbons (Fsp3) is 0.300. The van der Waals surface area contributed by atoms with Gasteiger partial charge in [0.05, 0.1) is 26.2 Å². The predicted molar refractivity (Wildman–Crippen MR) is 107 cm³/mol. The third-order valence-electron chi connectivity index (χ3n) is 4.40. The Kier molecular flexibility index (Phi) is 7.39. The average Bonchev–Trinajstić information content (AvgIpc) is 2.72. The number of halogens is 1. The average molecular weight is 407 g/mol. The van der Waals surface area contributed by atoms with Crippen LogP contribution >= 0.6 is 11.6 Å². The van der Waals surface area contributed by atoms with Crippen LogP contribution in [0.25, 0.3) is 0 Å². The Hall–Kier alpha value is -2.61. The maximum absolute atomic E-state index is 13.0. The zero-order chi connectivity index (χ0) is 20.8. The van der Waals surface area contributed by atoms with Crippen LogP contribution in [0.1, 0.15) is 22.8 Å². The number of nitrogens with one attached hydrogen (secondary N) is 1. The molecule has 2 aromatic carbocycles. The summed E-state index contributed by atoms with van der Waals surface area (Å²) in [5.74, 6) is -1.11. The molecule has 0 saturated heterocycles. The summed E-state index contributed by atoms with van der Waals surface area (Å²) in [4.78, 5) is 24.6. The second-order valence-corrected chi connectivity index (χ2v) is 6.66. The topological polar surface area (TPSA) is 111 Å². The summed E-state index contributed by atoms with van der Waals surface area (Å²) in [5, 5.41) is 13.7. The van der Waals surface area contributed by atoms with E-state index in [-0.39, 0.29) is 11.3 Å². The predicted octanol–water partition coefficient (Wildman–Crippen LogP) is 2.45. The Balaban J connectivity index is 2.32. The first-order valence-electron chi connectivity index (χ1n) is 8.54. The fourth-order valence-corrected chi connectivity index (χ4v) is 2.72. The number of esters is 1. The second-order valence-electron chi connectivity index (χ2n) is 6.23. The van der Waals surface area contributed by atoms with Crippen LogP contribution < -0.4 is 15.8 Å². The van der Waals surface area contributed by atoms with Crippen molar-refractivity contribution in [3.05, 3.63) is 58.6 Å². The van der Waals surface area contributed by atoms with Gasteiger partial charge in [0.2, 0.25) is 0 Å². The van der Waals surface area contributed by atoms with E-state index in [4.69, 9.17) is 22.1 Å². The van der Waals surface area contributed by atoms with Gasteiger partial charge in [-0.05, 0) is 42.5 Å². The number of aliphatic hydroxyl groups excluding tert-OH is 1.